The van der Waals surface area contributed by atoms with Crippen LogP contribution in [0.25, 0.3) is 5.69 Å². The molecule has 1 aromatic carbocycles. The highest BCUT2D eigenvalue weighted by molar-refractivity contribution is 7.71. The van der Waals surface area contributed by atoms with E-state index in [2.05, 4.69) is 9.97 Å². The summed E-state index contributed by atoms with van der Waals surface area (Å²) >= 11 is 11.2. The first kappa shape index (κ1) is 12.0. The molecule has 0 aliphatic carbocycles. The van der Waals surface area contributed by atoms with Crippen LogP contribution in [0.5, 0.6) is 0 Å². The highest BCUT2D eigenvalue weighted by atomic mass is 35.5. The smallest absolute Gasteiger partial charge is 0.224 e. The van der Waals surface area contributed by atoms with Crippen LogP contribution in [-0.2, 0) is 0 Å². The molecule has 0 bridgehead atoms. The third-order valence-electron chi connectivity index (χ3n) is 2.42. The maximum Gasteiger partial charge on any atom is 0.224 e. The first-order valence-corrected chi connectivity index (χ1v) is 5.76. The summed E-state index contributed by atoms with van der Waals surface area (Å²) in [7, 11) is 0. The van der Waals surface area contributed by atoms with E-state index in [1.165, 1.54) is 0 Å². The first-order valence-electron chi connectivity index (χ1n) is 4.97. The molecule has 1 aromatic heterocycles. The molecule has 0 saturated carbocycles. The van der Waals surface area contributed by atoms with Crippen molar-refractivity contribution >= 4 is 29.8 Å². The van der Waals surface area contributed by atoms with Crippen molar-refractivity contribution in [3.05, 3.63) is 39.4 Å². The van der Waals surface area contributed by atoms with Crippen LogP contribution < -0.4 is 5.73 Å². The lowest BCUT2D eigenvalue weighted by Crippen LogP contribution is -2.07. The molecule has 0 aliphatic rings. The highest BCUT2D eigenvalue weighted by Crippen LogP contribution is 2.23. The molecular formula is C11H11ClN4S. The summed E-state index contributed by atoms with van der Waals surface area (Å²) in [6, 6.07) is 3.75. The fourth-order valence-electron chi connectivity index (χ4n) is 1.78. The van der Waals surface area contributed by atoms with Crippen LogP contribution in [0.1, 0.15) is 11.1 Å². The molecule has 2 aromatic rings. The maximum atomic E-state index is 5.99. The Morgan fingerprint density at radius 1 is 1.29 bits per heavy atom. The van der Waals surface area contributed by atoms with Gasteiger partial charge in [-0.15, -0.1) is 0 Å². The van der Waals surface area contributed by atoms with Crippen molar-refractivity contribution in [2.45, 2.75) is 13.8 Å². The molecule has 0 atom stereocenters. The molecule has 4 nitrogen and oxygen atoms in total. The predicted molar refractivity (Wildman–Crippen MR) is 71.1 cm³/mol. The van der Waals surface area contributed by atoms with Gasteiger partial charge >= 0.3 is 0 Å². The minimum Gasteiger partial charge on any atom is -0.368 e. The molecule has 6 heteroatoms. The van der Waals surface area contributed by atoms with Gasteiger partial charge < -0.3 is 5.73 Å². The Hall–Kier alpha value is -1.46. The summed E-state index contributed by atoms with van der Waals surface area (Å²) in [6.45, 7) is 3.93. The fraction of sp³-hybridized carbons (Fsp3) is 0.182. The van der Waals surface area contributed by atoms with Crippen molar-refractivity contribution < 1.29 is 0 Å². The van der Waals surface area contributed by atoms with Gasteiger partial charge in [0.05, 0.1) is 5.69 Å². The van der Waals surface area contributed by atoms with E-state index in [1.54, 1.807) is 10.9 Å². The third-order valence-corrected chi connectivity index (χ3v) is 2.92. The van der Waals surface area contributed by atoms with Crippen molar-refractivity contribution in [1.82, 2.24) is 14.5 Å². The number of anilines is 1. The predicted octanol–water partition coefficient (Wildman–Crippen LogP) is 2.85. The Bertz CT molecular complexity index is 613. The summed E-state index contributed by atoms with van der Waals surface area (Å²) in [5.74, 6) is 0.176. The number of aromatic nitrogens is 3. The van der Waals surface area contributed by atoms with E-state index in [1.807, 2.05) is 26.0 Å². The molecule has 88 valence electrons. The zero-order valence-electron chi connectivity index (χ0n) is 9.44. The van der Waals surface area contributed by atoms with Crippen LogP contribution >= 0.6 is 23.8 Å². The number of rotatable bonds is 1. The second-order valence-corrected chi connectivity index (χ2v) is 4.56. The highest BCUT2D eigenvalue weighted by Gasteiger charge is 2.08. The monoisotopic (exact) mass is 266 g/mol. The number of hydrogen-bond donors (Lipinski definition) is 1. The average Bonchev–Trinajstić information content (AvgIpc) is 2.19. The molecule has 0 aliphatic heterocycles. The minimum atomic E-state index is 0.176. The number of halogens is 1. The lowest BCUT2D eigenvalue weighted by atomic mass is 10.1. The van der Waals surface area contributed by atoms with E-state index >= 15 is 0 Å². The fourth-order valence-corrected chi connectivity index (χ4v) is 2.34. The van der Waals surface area contributed by atoms with Crippen LogP contribution in [-0.4, -0.2) is 14.5 Å². The van der Waals surface area contributed by atoms with Gasteiger partial charge in [0.25, 0.3) is 0 Å². The summed E-state index contributed by atoms with van der Waals surface area (Å²) < 4.78 is 2.11. The Morgan fingerprint density at radius 2 is 1.88 bits per heavy atom. The Labute approximate surface area is 109 Å². The lowest BCUT2D eigenvalue weighted by molar-refractivity contribution is 0.889. The van der Waals surface area contributed by atoms with Gasteiger partial charge in [-0.25, -0.2) is 4.98 Å². The SMILES string of the molecule is Cc1cc(Cl)cc(C)c1-n1cnc(N)nc1=S. The van der Waals surface area contributed by atoms with Crippen LogP contribution in [0.3, 0.4) is 0 Å². The summed E-state index contributed by atoms with van der Waals surface area (Å²) in [4.78, 5) is 7.92. The van der Waals surface area contributed by atoms with Gasteiger partial charge in [-0.1, -0.05) is 11.6 Å². The molecule has 2 N–H and O–H groups in total. The van der Waals surface area contributed by atoms with Crippen molar-refractivity contribution in [2.24, 2.45) is 0 Å². The van der Waals surface area contributed by atoms with Gasteiger partial charge in [0, 0.05) is 5.02 Å². The van der Waals surface area contributed by atoms with Gasteiger partial charge in [-0.3, -0.25) is 4.57 Å². The summed E-state index contributed by atoms with van der Waals surface area (Å²) in [5, 5.41) is 0.701. The van der Waals surface area contributed by atoms with Gasteiger partial charge in [0.15, 0.2) is 0 Å². The van der Waals surface area contributed by atoms with Crippen molar-refractivity contribution in [1.29, 1.82) is 0 Å². The quantitative estimate of drug-likeness (QED) is 0.807. The van der Waals surface area contributed by atoms with E-state index in [0.29, 0.717) is 9.79 Å². The van der Waals surface area contributed by atoms with E-state index < -0.39 is 0 Å². The van der Waals surface area contributed by atoms with Gasteiger partial charge in [-0.2, -0.15) is 4.98 Å². The van der Waals surface area contributed by atoms with Gasteiger partial charge in [0.2, 0.25) is 10.7 Å². The molecule has 17 heavy (non-hydrogen) atoms. The standard InChI is InChI=1S/C11H11ClN4S/c1-6-3-8(12)4-7(2)9(6)16-5-14-10(13)15-11(16)17/h3-5H,1-2H3,(H2,13,15,17). The van der Waals surface area contributed by atoms with Gasteiger partial charge in [0.1, 0.15) is 6.33 Å². The topological polar surface area (TPSA) is 56.7 Å². The number of nitrogens with zero attached hydrogens (tertiary/aromatic N) is 3. The molecule has 0 fully saturated rings. The van der Waals surface area contributed by atoms with E-state index in [0.717, 1.165) is 16.8 Å². The molecule has 0 radical (unpaired) electrons. The zero-order chi connectivity index (χ0) is 12.6. The Balaban J connectivity index is 2.73. The average molecular weight is 267 g/mol. The Morgan fingerprint density at radius 3 is 2.41 bits per heavy atom. The van der Waals surface area contributed by atoms with Crippen LogP contribution in [0.15, 0.2) is 18.5 Å². The number of nitrogens with two attached hydrogens (primary N) is 1. The van der Waals surface area contributed by atoms with Crippen LogP contribution in [0.4, 0.5) is 5.95 Å². The largest absolute Gasteiger partial charge is 0.368 e. The number of benzene rings is 1. The molecule has 0 unspecified atom stereocenters. The van der Waals surface area contributed by atoms with Crippen molar-refractivity contribution in [3.8, 4) is 5.69 Å². The number of aryl methyl sites for hydroxylation is 2. The van der Waals surface area contributed by atoms with Crippen molar-refractivity contribution in [3.63, 3.8) is 0 Å². The second-order valence-electron chi connectivity index (χ2n) is 3.76. The molecule has 1 heterocycles. The lowest BCUT2D eigenvalue weighted by Gasteiger charge is -2.13. The number of hydrogen-bond acceptors (Lipinski definition) is 4. The molecule has 0 saturated heterocycles. The van der Waals surface area contributed by atoms with E-state index in [-0.39, 0.29) is 5.95 Å². The summed E-state index contributed by atoms with van der Waals surface area (Å²) in [6.07, 6.45) is 1.58. The maximum absolute atomic E-state index is 5.99. The zero-order valence-corrected chi connectivity index (χ0v) is 11.0. The second kappa shape index (κ2) is 4.43. The molecule has 0 amide bonds. The van der Waals surface area contributed by atoms with Crippen molar-refractivity contribution in [2.75, 3.05) is 5.73 Å². The summed E-state index contributed by atoms with van der Waals surface area (Å²) in [5.41, 5.74) is 8.45. The van der Waals surface area contributed by atoms with Crippen LogP contribution in [0, 0.1) is 18.6 Å². The number of nitrogen functional groups attached to an aromatic ring is 1. The Kier molecular flexibility index (Phi) is 3.13. The third kappa shape index (κ3) is 2.30. The first-order chi connectivity index (χ1) is 7.99. The van der Waals surface area contributed by atoms with Crippen LogP contribution in [0.2, 0.25) is 5.02 Å². The van der Waals surface area contributed by atoms with Gasteiger partial charge in [-0.05, 0) is 49.3 Å². The van der Waals surface area contributed by atoms with E-state index in [9.17, 15) is 0 Å². The van der Waals surface area contributed by atoms with E-state index in [4.69, 9.17) is 29.6 Å². The molecule has 0 spiro atoms. The molecular weight excluding hydrogens is 256 g/mol. The normalized spacial score (nSPS) is 10.5. The molecule has 2 rings (SSSR count). The minimum absolute atomic E-state index is 0.176.